The lowest BCUT2D eigenvalue weighted by Gasteiger charge is -2.32. The largest absolute Gasteiger partial charge is 0.380 e. The third-order valence-electron chi connectivity index (χ3n) is 4.52. The molecule has 1 aromatic rings. The molecule has 134 valence electrons. The molecule has 1 atom stereocenters. The highest BCUT2D eigenvalue weighted by molar-refractivity contribution is 5.76. The Balaban J connectivity index is 1.74. The summed E-state index contributed by atoms with van der Waals surface area (Å²) in [6.07, 6.45) is 0.0880. The van der Waals surface area contributed by atoms with Crippen LogP contribution in [0.4, 0.5) is 0 Å². The van der Waals surface area contributed by atoms with E-state index < -0.39 is 0 Å². The van der Waals surface area contributed by atoms with Crippen molar-refractivity contribution in [3.63, 3.8) is 0 Å². The first-order valence-electron chi connectivity index (χ1n) is 8.59. The molecule has 0 radical (unpaired) electrons. The minimum absolute atomic E-state index is 0.0335. The van der Waals surface area contributed by atoms with Gasteiger partial charge in [0, 0.05) is 52.9 Å². The van der Waals surface area contributed by atoms with Crippen molar-refractivity contribution in [2.24, 2.45) is 5.73 Å². The van der Waals surface area contributed by atoms with Crippen LogP contribution in [0.5, 0.6) is 0 Å². The molecule has 0 bridgehead atoms. The van der Waals surface area contributed by atoms with Crippen molar-refractivity contribution in [2.75, 3.05) is 46.9 Å². The minimum atomic E-state index is -0.212. The Bertz CT molecular complexity index is 494. The molecule has 6 nitrogen and oxygen atoms in total. The standard InChI is InChI=1S/C18H30N4O2/c1-21-7-9-22(10-8-21)14-16-5-3-15(4-6-16)13-20-18(23)11-17(12-19)24-2/h3-6,17H,7-14,19H2,1-2H3,(H,20,23). The minimum Gasteiger partial charge on any atom is -0.380 e. The molecule has 0 aliphatic carbocycles. The molecular formula is C18H30N4O2. The molecule has 3 N–H and O–H groups in total. The fourth-order valence-electron chi connectivity index (χ4n) is 2.77. The van der Waals surface area contributed by atoms with Gasteiger partial charge < -0.3 is 20.7 Å². The summed E-state index contributed by atoms with van der Waals surface area (Å²) in [5, 5.41) is 2.91. The number of benzene rings is 1. The Hall–Kier alpha value is -1.47. The molecule has 0 saturated carbocycles. The summed E-state index contributed by atoms with van der Waals surface area (Å²) in [6, 6.07) is 8.47. The fraction of sp³-hybridized carbons (Fsp3) is 0.611. The summed E-state index contributed by atoms with van der Waals surface area (Å²) in [5.41, 5.74) is 7.95. The predicted molar refractivity (Wildman–Crippen MR) is 95.5 cm³/mol. The van der Waals surface area contributed by atoms with Crippen molar-refractivity contribution in [1.82, 2.24) is 15.1 Å². The van der Waals surface area contributed by atoms with Crippen molar-refractivity contribution in [1.29, 1.82) is 0 Å². The summed E-state index contributed by atoms with van der Waals surface area (Å²) < 4.78 is 5.12. The Kier molecular flexibility index (Phi) is 7.65. The zero-order valence-corrected chi connectivity index (χ0v) is 14.8. The number of carbonyl (C=O) groups is 1. The van der Waals surface area contributed by atoms with E-state index in [2.05, 4.69) is 46.4 Å². The number of amides is 1. The van der Waals surface area contributed by atoms with Gasteiger partial charge in [-0.3, -0.25) is 9.69 Å². The quantitative estimate of drug-likeness (QED) is 0.721. The van der Waals surface area contributed by atoms with Crippen molar-refractivity contribution in [2.45, 2.75) is 25.6 Å². The zero-order chi connectivity index (χ0) is 17.4. The molecule has 0 spiro atoms. The maximum absolute atomic E-state index is 11.8. The van der Waals surface area contributed by atoms with E-state index in [9.17, 15) is 4.79 Å². The number of nitrogens with zero attached hydrogens (tertiary/aromatic N) is 2. The van der Waals surface area contributed by atoms with Crippen LogP contribution in [0.1, 0.15) is 17.5 Å². The van der Waals surface area contributed by atoms with E-state index in [1.165, 1.54) is 5.56 Å². The predicted octanol–water partition coefficient (Wildman–Crippen LogP) is 0.414. The van der Waals surface area contributed by atoms with E-state index in [0.717, 1.165) is 38.3 Å². The Labute approximate surface area is 144 Å². The number of hydrogen-bond donors (Lipinski definition) is 2. The second-order valence-electron chi connectivity index (χ2n) is 6.47. The van der Waals surface area contributed by atoms with E-state index in [4.69, 9.17) is 10.5 Å². The summed E-state index contributed by atoms with van der Waals surface area (Å²) in [4.78, 5) is 16.7. The van der Waals surface area contributed by atoms with Gasteiger partial charge in [-0.15, -0.1) is 0 Å². The van der Waals surface area contributed by atoms with Crippen LogP contribution in [0.25, 0.3) is 0 Å². The number of nitrogens with two attached hydrogens (primary N) is 1. The van der Waals surface area contributed by atoms with Crippen molar-refractivity contribution < 1.29 is 9.53 Å². The first kappa shape index (κ1) is 18.9. The van der Waals surface area contributed by atoms with Crippen LogP contribution >= 0.6 is 0 Å². The smallest absolute Gasteiger partial charge is 0.222 e. The van der Waals surface area contributed by atoms with Crippen molar-refractivity contribution in [3.8, 4) is 0 Å². The van der Waals surface area contributed by atoms with Gasteiger partial charge in [0.15, 0.2) is 0 Å². The van der Waals surface area contributed by atoms with Crippen LogP contribution in [0.15, 0.2) is 24.3 Å². The number of hydrogen-bond acceptors (Lipinski definition) is 5. The Morgan fingerprint density at radius 3 is 2.42 bits per heavy atom. The van der Waals surface area contributed by atoms with Gasteiger partial charge in [-0.1, -0.05) is 24.3 Å². The van der Waals surface area contributed by atoms with E-state index in [0.29, 0.717) is 19.5 Å². The average Bonchev–Trinajstić information content (AvgIpc) is 2.61. The first-order valence-corrected chi connectivity index (χ1v) is 8.59. The van der Waals surface area contributed by atoms with Gasteiger partial charge in [-0.2, -0.15) is 0 Å². The molecule has 1 unspecified atom stereocenters. The SMILES string of the molecule is COC(CN)CC(=O)NCc1ccc(CN2CCN(C)CC2)cc1. The highest BCUT2D eigenvalue weighted by Crippen LogP contribution is 2.10. The van der Waals surface area contributed by atoms with E-state index in [-0.39, 0.29) is 12.0 Å². The van der Waals surface area contributed by atoms with Gasteiger partial charge in [0.25, 0.3) is 0 Å². The third-order valence-corrected chi connectivity index (χ3v) is 4.52. The number of piperazine rings is 1. The van der Waals surface area contributed by atoms with E-state index in [1.54, 1.807) is 7.11 Å². The number of rotatable bonds is 8. The number of methoxy groups -OCH3 is 1. The number of ether oxygens (including phenoxy) is 1. The van der Waals surface area contributed by atoms with Gasteiger partial charge in [0.05, 0.1) is 12.5 Å². The van der Waals surface area contributed by atoms with Gasteiger partial charge >= 0.3 is 0 Å². The van der Waals surface area contributed by atoms with Crippen LogP contribution in [0.2, 0.25) is 0 Å². The molecule has 0 aromatic heterocycles. The van der Waals surface area contributed by atoms with E-state index in [1.807, 2.05) is 0 Å². The third kappa shape index (κ3) is 6.20. The lowest BCUT2D eigenvalue weighted by Crippen LogP contribution is -2.43. The molecule has 1 aliphatic rings. The normalized spacial score (nSPS) is 17.6. The monoisotopic (exact) mass is 334 g/mol. The van der Waals surface area contributed by atoms with Crippen LogP contribution in [-0.4, -0.2) is 68.7 Å². The van der Waals surface area contributed by atoms with Crippen LogP contribution in [0, 0.1) is 0 Å². The number of nitrogens with one attached hydrogen (secondary N) is 1. The lowest BCUT2D eigenvalue weighted by molar-refractivity contribution is -0.123. The molecule has 1 heterocycles. The number of carbonyl (C=O) groups excluding carboxylic acids is 1. The summed E-state index contributed by atoms with van der Waals surface area (Å²) in [6.45, 7) is 6.39. The van der Waals surface area contributed by atoms with Crippen LogP contribution in [0.3, 0.4) is 0 Å². The highest BCUT2D eigenvalue weighted by Gasteiger charge is 2.14. The first-order chi connectivity index (χ1) is 11.6. The van der Waals surface area contributed by atoms with Gasteiger partial charge in [0.1, 0.15) is 0 Å². The summed E-state index contributed by atoms with van der Waals surface area (Å²) >= 11 is 0. The zero-order valence-electron chi connectivity index (χ0n) is 14.8. The maximum atomic E-state index is 11.8. The van der Waals surface area contributed by atoms with Gasteiger partial charge in [-0.05, 0) is 18.2 Å². The molecule has 1 amide bonds. The van der Waals surface area contributed by atoms with Crippen LogP contribution < -0.4 is 11.1 Å². The fourth-order valence-corrected chi connectivity index (χ4v) is 2.77. The second-order valence-corrected chi connectivity index (χ2v) is 6.47. The molecule has 6 heteroatoms. The Morgan fingerprint density at radius 2 is 1.83 bits per heavy atom. The van der Waals surface area contributed by atoms with Crippen molar-refractivity contribution >= 4 is 5.91 Å². The summed E-state index contributed by atoms with van der Waals surface area (Å²) in [7, 11) is 3.74. The molecule has 1 aliphatic heterocycles. The van der Waals surface area contributed by atoms with Crippen molar-refractivity contribution in [3.05, 3.63) is 35.4 Å². The Morgan fingerprint density at radius 1 is 1.21 bits per heavy atom. The molecule has 24 heavy (non-hydrogen) atoms. The molecule has 2 rings (SSSR count). The maximum Gasteiger partial charge on any atom is 0.222 e. The van der Waals surface area contributed by atoms with Gasteiger partial charge in [-0.25, -0.2) is 0 Å². The number of likely N-dealkylation sites (N-methyl/N-ethyl adjacent to an activating group) is 1. The molecule has 1 fully saturated rings. The van der Waals surface area contributed by atoms with Crippen LogP contribution in [-0.2, 0) is 22.6 Å². The lowest BCUT2D eigenvalue weighted by atomic mass is 10.1. The molecule has 1 aromatic carbocycles. The van der Waals surface area contributed by atoms with E-state index >= 15 is 0 Å². The molecular weight excluding hydrogens is 304 g/mol. The topological polar surface area (TPSA) is 70.8 Å². The summed E-state index contributed by atoms with van der Waals surface area (Å²) in [5.74, 6) is -0.0335. The van der Waals surface area contributed by atoms with Gasteiger partial charge in [0.2, 0.25) is 5.91 Å². The molecule has 1 saturated heterocycles. The second kappa shape index (κ2) is 9.74. The average molecular weight is 334 g/mol. The highest BCUT2D eigenvalue weighted by atomic mass is 16.5.